The number of carbonyl (C=O) groups excluding carboxylic acids is 1. The Balaban J connectivity index is 1.37. The number of ketones is 1. The lowest BCUT2D eigenvalue weighted by Crippen LogP contribution is -2.48. The second-order valence-electron chi connectivity index (χ2n) is 10.8. The monoisotopic (exact) mass is 465 g/mol. The fourth-order valence-corrected chi connectivity index (χ4v) is 4.66. The number of rotatable bonds is 6. The highest BCUT2D eigenvalue weighted by molar-refractivity contribution is 5.99. The predicted molar refractivity (Wildman–Crippen MR) is 135 cm³/mol. The highest BCUT2D eigenvalue weighted by Gasteiger charge is 2.31. The summed E-state index contributed by atoms with van der Waals surface area (Å²) < 4.78 is 0. The van der Waals surface area contributed by atoms with E-state index in [4.69, 9.17) is 9.97 Å². The van der Waals surface area contributed by atoms with Crippen LogP contribution in [0, 0.1) is 5.41 Å². The van der Waals surface area contributed by atoms with Crippen molar-refractivity contribution in [2.45, 2.75) is 72.9 Å². The van der Waals surface area contributed by atoms with Crippen molar-refractivity contribution in [3.05, 3.63) is 35.4 Å². The molecule has 2 aliphatic rings. The number of hydrogen-bond acceptors (Lipinski definition) is 8. The SMILES string of the molecule is CCC(C)(CC)C(=O)c1cnc(N2CCN(c3ncc4c(n3)CCN(C(C)(C)C)C4)CC2)nc1. The summed E-state index contributed by atoms with van der Waals surface area (Å²) in [6.07, 6.45) is 7.98. The third-order valence-corrected chi connectivity index (χ3v) is 7.72. The van der Waals surface area contributed by atoms with Crippen LogP contribution in [0.5, 0.6) is 0 Å². The van der Waals surface area contributed by atoms with Gasteiger partial charge in [-0.3, -0.25) is 9.69 Å². The molecule has 0 unspecified atom stereocenters. The molecule has 0 aliphatic carbocycles. The molecule has 0 amide bonds. The summed E-state index contributed by atoms with van der Waals surface area (Å²) in [7, 11) is 0. The van der Waals surface area contributed by atoms with E-state index in [9.17, 15) is 4.79 Å². The molecule has 0 spiro atoms. The minimum absolute atomic E-state index is 0.129. The van der Waals surface area contributed by atoms with E-state index in [-0.39, 0.29) is 16.7 Å². The third-order valence-electron chi connectivity index (χ3n) is 7.72. The molecule has 4 rings (SSSR count). The van der Waals surface area contributed by atoms with Crippen LogP contribution in [0.25, 0.3) is 0 Å². The first-order valence-electron chi connectivity index (χ1n) is 12.6. The molecule has 0 bridgehead atoms. The van der Waals surface area contributed by atoms with Gasteiger partial charge in [0.2, 0.25) is 11.9 Å². The first-order chi connectivity index (χ1) is 16.1. The van der Waals surface area contributed by atoms with E-state index in [0.717, 1.165) is 64.5 Å². The second kappa shape index (κ2) is 9.56. The number of anilines is 2. The van der Waals surface area contributed by atoms with Gasteiger partial charge in [0, 0.05) is 80.8 Å². The molecule has 2 aromatic rings. The molecule has 0 N–H and O–H groups in total. The van der Waals surface area contributed by atoms with E-state index < -0.39 is 0 Å². The quantitative estimate of drug-likeness (QED) is 0.597. The van der Waals surface area contributed by atoms with Crippen LogP contribution in [0.1, 0.15) is 76.0 Å². The summed E-state index contributed by atoms with van der Waals surface area (Å²) in [5.74, 6) is 1.63. The van der Waals surface area contributed by atoms with Crippen LogP contribution in [0.15, 0.2) is 18.6 Å². The number of nitrogens with zero attached hydrogens (tertiary/aromatic N) is 7. The molecule has 0 saturated carbocycles. The number of carbonyl (C=O) groups is 1. The molecular weight excluding hydrogens is 426 g/mol. The zero-order chi connectivity index (χ0) is 24.5. The van der Waals surface area contributed by atoms with Crippen LogP contribution in [-0.2, 0) is 13.0 Å². The average Bonchev–Trinajstić information content (AvgIpc) is 2.86. The minimum Gasteiger partial charge on any atom is -0.337 e. The Kier molecular flexibility index (Phi) is 6.90. The number of fused-ring (bicyclic) bond motifs is 1. The fourth-order valence-electron chi connectivity index (χ4n) is 4.66. The minimum atomic E-state index is -0.351. The van der Waals surface area contributed by atoms with E-state index in [2.05, 4.69) is 59.3 Å². The van der Waals surface area contributed by atoms with Gasteiger partial charge in [0.25, 0.3) is 0 Å². The summed E-state index contributed by atoms with van der Waals surface area (Å²) in [5.41, 5.74) is 2.83. The molecule has 1 saturated heterocycles. The Hall–Kier alpha value is -2.61. The number of Topliss-reactive ketones (excluding diaryl/α,β-unsaturated/α-hetero) is 1. The highest BCUT2D eigenvalue weighted by atomic mass is 16.1. The molecule has 8 nitrogen and oxygen atoms in total. The summed E-state index contributed by atoms with van der Waals surface area (Å²) in [6, 6.07) is 0. The van der Waals surface area contributed by atoms with Gasteiger partial charge in [-0.15, -0.1) is 0 Å². The third kappa shape index (κ3) is 4.92. The second-order valence-corrected chi connectivity index (χ2v) is 10.8. The molecule has 34 heavy (non-hydrogen) atoms. The molecule has 2 aromatic heterocycles. The van der Waals surface area contributed by atoms with Gasteiger partial charge in [-0.1, -0.05) is 20.8 Å². The van der Waals surface area contributed by atoms with Crippen molar-refractivity contribution in [3.8, 4) is 0 Å². The van der Waals surface area contributed by atoms with Crippen molar-refractivity contribution in [2.24, 2.45) is 5.41 Å². The van der Waals surface area contributed by atoms with E-state index in [1.807, 2.05) is 13.1 Å². The summed E-state index contributed by atoms with van der Waals surface area (Å²) >= 11 is 0. The maximum atomic E-state index is 12.9. The normalized spacial score (nSPS) is 17.6. The van der Waals surface area contributed by atoms with E-state index in [0.29, 0.717) is 11.5 Å². The molecule has 0 atom stereocenters. The lowest BCUT2D eigenvalue weighted by molar-refractivity contribution is 0.0802. The zero-order valence-corrected chi connectivity index (χ0v) is 21.6. The Bertz CT molecular complexity index is 1000. The number of hydrogen-bond donors (Lipinski definition) is 0. The average molecular weight is 466 g/mol. The van der Waals surface area contributed by atoms with Crippen LogP contribution in [0.2, 0.25) is 0 Å². The number of piperazine rings is 1. The van der Waals surface area contributed by atoms with Crippen molar-refractivity contribution in [3.63, 3.8) is 0 Å². The van der Waals surface area contributed by atoms with Crippen LogP contribution in [-0.4, -0.2) is 68.9 Å². The van der Waals surface area contributed by atoms with Crippen molar-refractivity contribution >= 4 is 17.7 Å². The topological polar surface area (TPSA) is 78.4 Å². The maximum absolute atomic E-state index is 12.9. The Morgan fingerprint density at radius 3 is 1.97 bits per heavy atom. The molecule has 184 valence electrons. The van der Waals surface area contributed by atoms with Gasteiger partial charge in [0.15, 0.2) is 5.78 Å². The van der Waals surface area contributed by atoms with Crippen molar-refractivity contribution < 1.29 is 4.79 Å². The van der Waals surface area contributed by atoms with Gasteiger partial charge >= 0.3 is 0 Å². The van der Waals surface area contributed by atoms with Crippen molar-refractivity contribution in [1.29, 1.82) is 0 Å². The standard InChI is InChI=1S/C26H39N7O/c1-7-26(6,8-2)22(34)19-15-27-23(28-16-19)31-11-13-32(14-12-31)24-29-17-20-18-33(25(3,4)5)10-9-21(20)30-24/h15-17H,7-14,18H2,1-6H3. The Morgan fingerprint density at radius 2 is 1.41 bits per heavy atom. The van der Waals surface area contributed by atoms with Crippen LogP contribution < -0.4 is 9.80 Å². The molecule has 8 heteroatoms. The van der Waals surface area contributed by atoms with Gasteiger partial charge in [0.1, 0.15) is 0 Å². The Labute approximate surface area is 203 Å². The predicted octanol–water partition coefficient (Wildman–Crippen LogP) is 3.76. The summed E-state index contributed by atoms with van der Waals surface area (Å²) in [4.78, 5) is 38.5. The first kappa shape index (κ1) is 24.5. The lowest BCUT2D eigenvalue weighted by Gasteiger charge is -2.39. The van der Waals surface area contributed by atoms with Crippen molar-refractivity contribution in [1.82, 2.24) is 24.8 Å². The van der Waals surface area contributed by atoms with Gasteiger partial charge < -0.3 is 9.80 Å². The molecule has 1 fully saturated rings. The van der Waals surface area contributed by atoms with E-state index >= 15 is 0 Å². The Morgan fingerprint density at radius 1 is 0.853 bits per heavy atom. The van der Waals surface area contributed by atoms with Gasteiger partial charge in [0.05, 0.1) is 11.3 Å². The largest absolute Gasteiger partial charge is 0.337 e. The highest BCUT2D eigenvalue weighted by Crippen LogP contribution is 2.30. The molecule has 2 aliphatic heterocycles. The molecule has 0 radical (unpaired) electrons. The maximum Gasteiger partial charge on any atom is 0.225 e. The van der Waals surface area contributed by atoms with Crippen molar-refractivity contribution in [2.75, 3.05) is 42.5 Å². The van der Waals surface area contributed by atoms with Crippen LogP contribution in [0.4, 0.5) is 11.9 Å². The summed E-state index contributed by atoms with van der Waals surface area (Å²) in [6.45, 7) is 18.1. The van der Waals surface area contributed by atoms with Crippen LogP contribution >= 0.6 is 0 Å². The smallest absolute Gasteiger partial charge is 0.225 e. The molecule has 0 aromatic carbocycles. The first-order valence-corrected chi connectivity index (χ1v) is 12.6. The molecular formula is C26H39N7O. The number of aromatic nitrogens is 4. The zero-order valence-electron chi connectivity index (χ0n) is 21.6. The summed E-state index contributed by atoms with van der Waals surface area (Å²) in [5, 5.41) is 0. The van der Waals surface area contributed by atoms with E-state index in [1.54, 1.807) is 12.4 Å². The van der Waals surface area contributed by atoms with Gasteiger partial charge in [-0.2, -0.15) is 0 Å². The lowest BCUT2D eigenvalue weighted by atomic mass is 9.78. The molecule has 4 heterocycles. The van der Waals surface area contributed by atoms with E-state index in [1.165, 1.54) is 11.3 Å². The van der Waals surface area contributed by atoms with Crippen LogP contribution in [0.3, 0.4) is 0 Å². The van der Waals surface area contributed by atoms with Gasteiger partial charge in [-0.05, 0) is 33.6 Å². The fraction of sp³-hybridized carbons (Fsp3) is 0.654. The van der Waals surface area contributed by atoms with Gasteiger partial charge in [-0.25, -0.2) is 19.9 Å².